The van der Waals surface area contributed by atoms with E-state index >= 15 is 0 Å². The van der Waals surface area contributed by atoms with Gasteiger partial charge in [0.05, 0.1) is 11.4 Å². The van der Waals surface area contributed by atoms with Crippen molar-refractivity contribution >= 4 is 46.2 Å². The van der Waals surface area contributed by atoms with Crippen molar-refractivity contribution < 1.29 is 0 Å². The van der Waals surface area contributed by atoms with Gasteiger partial charge < -0.3 is 9.71 Å². The fourth-order valence-corrected chi connectivity index (χ4v) is 12.4. The Morgan fingerprint density at radius 1 is 0.441 bits per heavy atom. The minimum absolute atomic E-state index is 0.0310. The molecule has 0 spiro atoms. The van der Waals surface area contributed by atoms with Gasteiger partial charge >= 0.3 is 6.85 Å². The summed E-state index contributed by atoms with van der Waals surface area (Å²) in [5.41, 5.74) is 26.6. The van der Waals surface area contributed by atoms with Crippen molar-refractivity contribution in [3.8, 4) is 33.4 Å². The number of anilines is 5. The Kier molecular flexibility index (Phi) is 9.61. The molecule has 0 aromatic heterocycles. The minimum atomic E-state index is -0.178. The Morgan fingerprint density at radius 2 is 1.03 bits per heavy atom. The maximum atomic E-state index is 2.76. The van der Waals surface area contributed by atoms with E-state index in [2.05, 4.69) is 247 Å². The number of rotatable bonds is 3. The molecule has 7 aromatic rings. The van der Waals surface area contributed by atoms with Gasteiger partial charge in [-0.1, -0.05) is 195 Å². The number of fused-ring (bicyclic) bond motifs is 9. The highest BCUT2D eigenvalue weighted by molar-refractivity contribution is 6.93. The van der Waals surface area contributed by atoms with Crippen LogP contribution in [0.5, 0.6) is 0 Å². The number of nitrogens with zero attached hydrogens (tertiary/aromatic N) is 2. The fraction of sp³-hybridized carbons (Fsp3) is 0.354. The first kappa shape index (κ1) is 44.7. The molecule has 2 aliphatic carbocycles. The largest absolute Gasteiger partial charge is 0.376 e. The summed E-state index contributed by atoms with van der Waals surface area (Å²) in [5.74, 6) is 0. The van der Waals surface area contributed by atoms with E-state index in [4.69, 9.17) is 0 Å². The van der Waals surface area contributed by atoms with Crippen LogP contribution in [-0.4, -0.2) is 6.85 Å². The second-order valence-electron chi connectivity index (χ2n) is 25.7. The highest BCUT2D eigenvalue weighted by atomic mass is 15.2. The molecule has 2 heterocycles. The molecule has 0 saturated heterocycles. The van der Waals surface area contributed by atoms with E-state index in [1.54, 1.807) is 0 Å². The van der Waals surface area contributed by atoms with Crippen LogP contribution in [0.15, 0.2) is 133 Å². The molecular weight excluding hydrogens is 820 g/mol. The predicted molar refractivity (Wildman–Crippen MR) is 295 cm³/mol. The summed E-state index contributed by atoms with van der Waals surface area (Å²) in [6.07, 6.45) is 2.34. The summed E-state index contributed by atoms with van der Waals surface area (Å²) in [6.45, 7) is 35.9. The first-order chi connectivity index (χ1) is 31.9. The third-order valence-electron chi connectivity index (χ3n) is 16.8. The average molecular weight is 891 g/mol. The van der Waals surface area contributed by atoms with Crippen molar-refractivity contribution in [2.24, 2.45) is 0 Å². The standard InChI is InChI=1S/C65H71BN2/c1-60(2,3)41-25-28-44(29-26-41)68-55-39-52-51(63(10,11)33-34-64(52,12)13)38-47(55)48-36-43(62(7,8)9)37-56-58(48)66(68)53-31-30-50-57(45-23-19-20-24-49(45)65(50,14)15)59(53)67(56)54-32-27-42(61(4,5)6)35-46(54)40-21-17-16-18-22-40/h16-32,35-39H,33-34H2,1-15H3. The molecule has 0 bridgehead atoms. The van der Waals surface area contributed by atoms with Crippen LogP contribution in [0.1, 0.15) is 156 Å². The van der Waals surface area contributed by atoms with Crippen LogP contribution >= 0.6 is 0 Å². The molecule has 0 radical (unpaired) electrons. The molecule has 0 atom stereocenters. The van der Waals surface area contributed by atoms with E-state index < -0.39 is 0 Å². The Balaban J connectivity index is 1.34. The van der Waals surface area contributed by atoms with Gasteiger partial charge in [-0.25, -0.2) is 0 Å². The van der Waals surface area contributed by atoms with E-state index in [1.807, 2.05) is 0 Å². The topological polar surface area (TPSA) is 6.48 Å². The maximum absolute atomic E-state index is 2.76. The van der Waals surface area contributed by atoms with Crippen LogP contribution in [0.2, 0.25) is 0 Å². The van der Waals surface area contributed by atoms with Crippen molar-refractivity contribution in [1.82, 2.24) is 0 Å². The van der Waals surface area contributed by atoms with Gasteiger partial charge in [-0.2, -0.15) is 0 Å². The third-order valence-corrected chi connectivity index (χ3v) is 16.8. The van der Waals surface area contributed by atoms with Crippen molar-refractivity contribution in [1.29, 1.82) is 0 Å². The molecule has 0 fully saturated rings. The molecule has 0 N–H and O–H groups in total. The van der Waals surface area contributed by atoms with Gasteiger partial charge in [-0.15, -0.1) is 0 Å². The van der Waals surface area contributed by atoms with Crippen LogP contribution < -0.4 is 20.6 Å². The van der Waals surface area contributed by atoms with Gasteiger partial charge in [0, 0.05) is 39.2 Å². The predicted octanol–water partition coefficient (Wildman–Crippen LogP) is 16.6. The third kappa shape index (κ3) is 6.65. The second kappa shape index (κ2) is 14.6. The van der Waals surface area contributed by atoms with Crippen LogP contribution in [0.25, 0.3) is 33.4 Å². The van der Waals surface area contributed by atoms with Gasteiger partial charge in [0.2, 0.25) is 0 Å². The van der Waals surface area contributed by atoms with Crippen LogP contribution in [0.3, 0.4) is 0 Å². The van der Waals surface area contributed by atoms with Crippen molar-refractivity contribution in [3.63, 3.8) is 0 Å². The lowest BCUT2D eigenvalue weighted by Gasteiger charge is -2.49. The molecule has 2 aliphatic heterocycles. The fourth-order valence-electron chi connectivity index (χ4n) is 12.4. The molecule has 0 amide bonds. The average Bonchev–Trinajstić information content (AvgIpc) is 3.52. The number of benzene rings is 7. The van der Waals surface area contributed by atoms with E-state index in [0.29, 0.717) is 0 Å². The monoisotopic (exact) mass is 891 g/mol. The maximum Gasteiger partial charge on any atom is 0.333 e. The summed E-state index contributed by atoms with van der Waals surface area (Å²) >= 11 is 0. The lowest BCUT2D eigenvalue weighted by molar-refractivity contribution is 0.332. The zero-order chi connectivity index (χ0) is 48.2. The van der Waals surface area contributed by atoms with E-state index in [9.17, 15) is 0 Å². The lowest BCUT2D eigenvalue weighted by atomic mass is 9.42. The zero-order valence-electron chi connectivity index (χ0n) is 43.6. The summed E-state index contributed by atoms with van der Waals surface area (Å²) in [4.78, 5) is 5.50. The highest BCUT2D eigenvalue weighted by Crippen LogP contribution is 2.58. The Hall–Kier alpha value is -5.80. The Morgan fingerprint density at radius 3 is 1.68 bits per heavy atom. The van der Waals surface area contributed by atoms with Gasteiger partial charge in [0.1, 0.15) is 0 Å². The van der Waals surface area contributed by atoms with Crippen molar-refractivity contribution in [2.45, 2.75) is 149 Å². The normalized spacial score (nSPS) is 17.2. The summed E-state index contributed by atoms with van der Waals surface area (Å²) < 4.78 is 0. The van der Waals surface area contributed by atoms with Gasteiger partial charge in [0.25, 0.3) is 0 Å². The van der Waals surface area contributed by atoms with Gasteiger partial charge in [-0.05, 0) is 149 Å². The van der Waals surface area contributed by atoms with Gasteiger partial charge in [0.15, 0.2) is 0 Å². The Labute approximate surface area is 409 Å². The molecule has 11 rings (SSSR count). The van der Waals surface area contributed by atoms with Gasteiger partial charge in [-0.3, -0.25) is 0 Å². The van der Waals surface area contributed by atoms with E-state index in [1.165, 1.54) is 125 Å². The minimum Gasteiger partial charge on any atom is -0.376 e. The molecular formula is C65H71BN2. The summed E-state index contributed by atoms with van der Waals surface area (Å²) in [7, 11) is 0. The molecule has 344 valence electrons. The molecule has 2 nitrogen and oxygen atoms in total. The molecule has 0 saturated carbocycles. The summed E-state index contributed by atoms with van der Waals surface area (Å²) in [5, 5.41) is 0. The van der Waals surface area contributed by atoms with E-state index in [0.717, 1.165) is 0 Å². The zero-order valence-corrected chi connectivity index (χ0v) is 43.6. The number of hydrogen-bond acceptors (Lipinski definition) is 2. The molecule has 68 heavy (non-hydrogen) atoms. The quantitative estimate of drug-likeness (QED) is 0.163. The molecule has 4 aliphatic rings. The Bertz CT molecular complexity index is 3200. The van der Waals surface area contributed by atoms with Crippen LogP contribution in [0, 0.1) is 0 Å². The molecule has 0 unspecified atom stereocenters. The lowest BCUT2D eigenvalue weighted by Crippen LogP contribution is -2.62. The first-order valence-electron chi connectivity index (χ1n) is 25.4. The second-order valence-corrected chi connectivity index (χ2v) is 25.7. The number of hydrogen-bond donors (Lipinski definition) is 0. The summed E-state index contributed by atoms with van der Waals surface area (Å²) in [6, 6.07) is 52.9. The van der Waals surface area contributed by atoms with Crippen molar-refractivity contribution in [3.05, 3.63) is 172 Å². The van der Waals surface area contributed by atoms with Crippen LogP contribution in [0.4, 0.5) is 28.4 Å². The molecule has 3 heteroatoms. The highest BCUT2D eigenvalue weighted by Gasteiger charge is 2.50. The smallest absolute Gasteiger partial charge is 0.333 e. The molecule has 7 aromatic carbocycles. The SMILES string of the molecule is CC(C)(C)c1ccc(N2B3c4ccc5c(c4N(c4ccc(C(C)(C)C)cc4-c4ccccc4)c4cc(C(C)(C)C)cc(c43)-c3cc4c(cc32)C(C)(C)CCC4(C)C)-c2ccccc2C5(C)C)cc1. The first-order valence-corrected chi connectivity index (χ1v) is 25.4. The van der Waals surface area contributed by atoms with E-state index in [-0.39, 0.29) is 39.3 Å². The van der Waals surface area contributed by atoms with Crippen molar-refractivity contribution in [2.75, 3.05) is 9.71 Å². The van der Waals surface area contributed by atoms with Crippen LogP contribution in [-0.2, 0) is 32.5 Å².